The van der Waals surface area contributed by atoms with E-state index in [1.807, 2.05) is 12.3 Å². The number of hydrogen-bond donors (Lipinski definition) is 0. The van der Waals surface area contributed by atoms with E-state index >= 15 is 0 Å². The molecule has 2 aromatic rings. The molecule has 1 fully saturated rings. The monoisotopic (exact) mass is 442 g/mol. The molecule has 0 bridgehead atoms. The van der Waals surface area contributed by atoms with E-state index in [-0.39, 0.29) is 35.5 Å². The first-order chi connectivity index (χ1) is 14.9. The molecule has 6 heteroatoms. The summed E-state index contributed by atoms with van der Waals surface area (Å²) in [5, 5.41) is 10.9. The number of likely N-dealkylation sites (tertiary alicyclic amines) is 1. The van der Waals surface area contributed by atoms with Gasteiger partial charge in [0.15, 0.2) is 0 Å². The molecule has 1 aliphatic heterocycles. The van der Waals surface area contributed by atoms with Crippen molar-refractivity contribution >= 4 is 11.5 Å². The fourth-order valence-electron chi connectivity index (χ4n) is 4.46. The van der Waals surface area contributed by atoms with Crippen LogP contribution in [0, 0.1) is 11.8 Å². The maximum atomic E-state index is 10.9. The number of aryl methyl sites for hydroxylation is 1. The molecule has 0 spiro atoms. The van der Waals surface area contributed by atoms with Gasteiger partial charge in [-0.3, -0.25) is 9.88 Å². The second kappa shape index (κ2) is 11.0. The Hall–Kier alpha value is -1.66. The molecule has 32 heavy (non-hydrogen) atoms. The minimum atomic E-state index is -0.925. The maximum absolute atomic E-state index is 10.9. The van der Waals surface area contributed by atoms with E-state index in [0.29, 0.717) is 25.6 Å². The van der Waals surface area contributed by atoms with E-state index in [9.17, 15) is 9.90 Å². The van der Waals surface area contributed by atoms with Crippen molar-refractivity contribution in [3.8, 4) is 5.75 Å². The number of carbonyl (C=O) groups is 1. The SMILES string of the molecule is CC1=C(CN2CC(C(=O)[O-])C2)CCc2cc(OCc3ccc(CC(C)C)nc3)ccc21.[Na+]. The van der Waals surface area contributed by atoms with E-state index in [0.717, 1.165) is 42.8 Å². The molecule has 5 nitrogen and oxygen atoms in total. The molecule has 0 saturated carbocycles. The average molecular weight is 443 g/mol. The van der Waals surface area contributed by atoms with Crippen LogP contribution in [0.5, 0.6) is 5.75 Å². The normalized spacial score (nSPS) is 16.4. The number of carboxylic acids is 1. The van der Waals surface area contributed by atoms with E-state index in [2.05, 4.69) is 54.9 Å². The topological polar surface area (TPSA) is 65.5 Å². The van der Waals surface area contributed by atoms with Crippen molar-refractivity contribution in [2.45, 2.75) is 46.6 Å². The number of carboxylic acid groups (broad SMARTS) is 1. The van der Waals surface area contributed by atoms with Gasteiger partial charge in [0, 0.05) is 49.0 Å². The molecule has 1 aliphatic carbocycles. The Morgan fingerprint density at radius 1 is 1.22 bits per heavy atom. The number of pyridine rings is 1. The van der Waals surface area contributed by atoms with Gasteiger partial charge in [-0.1, -0.05) is 31.6 Å². The molecular formula is C26H31N2NaO3. The van der Waals surface area contributed by atoms with E-state index in [1.54, 1.807) is 0 Å². The molecule has 0 radical (unpaired) electrons. The second-order valence-electron chi connectivity index (χ2n) is 9.30. The van der Waals surface area contributed by atoms with E-state index < -0.39 is 5.97 Å². The number of aliphatic carboxylic acids is 1. The predicted molar refractivity (Wildman–Crippen MR) is 119 cm³/mol. The summed E-state index contributed by atoms with van der Waals surface area (Å²) < 4.78 is 6.04. The first kappa shape index (κ1) is 25.0. The molecule has 0 amide bonds. The van der Waals surface area contributed by atoms with Crippen LogP contribution in [0.3, 0.4) is 0 Å². The molecular weight excluding hydrogens is 411 g/mol. The molecule has 1 aromatic carbocycles. The van der Waals surface area contributed by atoms with Gasteiger partial charge in [-0.05, 0) is 67.0 Å². The summed E-state index contributed by atoms with van der Waals surface area (Å²) in [6.45, 7) is 9.15. The molecule has 0 atom stereocenters. The first-order valence-electron chi connectivity index (χ1n) is 11.2. The Bertz CT molecular complexity index is 979. The first-order valence-corrected chi connectivity index (χ1v) is 11.2. The Morgan fingerprint density at radius 3 is 2.66 bits per heavy atom. The molecule has 164 valence electrons. The number of rotatable bonds is 8. The number of benzene rings is 1. The third-order valence-electron chi connectivity index (χ3n) is 6.32. The number of ether oxygens (including phenoxy) is 1. The largest absolute Gasteiger partial charge is 1.00 e. The molecule has 1 aromatic heterocycles. The zero-order valence-electron chi connectivity index (χ0n) is 19.7. The molecule has 2 heterocycles. The number of hydrogen-bond acceptors (Lipinski definition) is 5. The van der Waals surface area contributed by atoms with Crippen LogP contribution in [0.4, 0.5) is 0 Å². The zero-order chi connectivity index (χ0) is 22.0. The van der Waals surface area contributed by atoms with Gasteiger partial charge in [0.2, 0.25) is 0 Å². The molecule has 4 rings (SSSR count). The molecule has 0 unspecified atom stereocenters. The van der Waals surface area contributed by atoms with Gasteiger partial charge in [-0.25, -0.2) is 0 Å². The summed E-state index contributed by atoms with van der Waals surface area (Å²) >= 11 is 0. The summed E-state index contributed by atoms with van der Waals surface area (Å²) in [6.07, 6.45) is 4.91. The van der Waals surface area contributed by atoms with Gasteiger partial charge in [0.1, 0.15) is 12.4 Å². The molecule has 2 aliphatic rings. The number of aromatic nitrogens is 1. The predicted octanol–water partition coefficient (Wildman–Crippen LogP) is 0.265. The quantitative estimate of drug-likeness (QED) is 0.549. The summed E-state index contributed by atoms with van der Waals surface area (Å²) in [5.41, 5.74) is 7.53. The number of allylic oxidation sites excluding steroid dienone is 1. The van der Waals surface area contributed by atoms with Gasteiger partial charge in [-0.15, -0.1) is 0 Å². The standard InChI is InChI=1S/C26H32N2O3.Na/c1-17(2)10-23-7-4-19(12-27-23)16-31-24-8-9-25-18(3)21(6-5-20(25)11-24)13-28-14-22(15-28)26(29)30;/h4,7-9,11-12,17,22H,5-6,10,13-16H2,1-3H3,(H,29,30);/q;+1/p-1. The molecule has 1 saturated heterocycles. The van der Waals surface area contributed by atoms with Crippen LogP contribution in [0.25, 0.3) is 5.57 Å². The minimum absolute atomic E-state index is 0. The zero-order valence-corrected chi connectivity index (χ0v) is 21.7. The van der Waals surface area contributed by atoms with Crippen LogP contribution < -0.4 is 39.4 Å². The second-order valence-corrected chi connectivity index (χ2v) is 9.30. The van der Waals surface area contributed by atoms with Crippen molar-refractivity contribution in [2.75, 3.05) is 19.6 Å². The van der Waals surface area contributed by atoms with Crippen LogP contribution in [0.2, 0.25) is 0 Å². The number of nitrogens with zero attached hydrogens (tertiary/aromatic N) is 2. The van der Waals surface area contributed by atoms with Crippen molar-refractivity contribution in [3.05, 3.63) is 64.5 Å². The summed E-state index contributed by atoms with van der Waals surface area (Å²) in [6, 6.07) is 10.5. The third kappa shape index (κ3) is 6.02. The summed E-state index contributed by atoms with van der Waals surface area (Å²) in [4.78, 5) is 17.7. The fourth-order valence-corrected chi connectivity index (χ4v) is 4.46. The van der Waals surface area contributed by atoms with Crippen molar-refractivity contribution in [2.24, 2.45) is 11.8 Å². The van der Waals surface area contributed by atoms with Crippen LogP contribution in [0.1, 0.15) is 49.6 Å². The maximum Gasteiger partial charge on any atom is 1.00 e. The Balaban J connectivity index is 0.00000289. The van der Waals surface area contributed by atoms with Gasteiger partial charge >= 0.3 is 29.6 Å². The van der Waals surface area contributed by atoms with Crippen molar-refractivity contribution in [1.29, 1.82) is 0 Å². The number of fused-ring (bicyclic) bond motifs is 1. The number of carbonyl (C=O) groups excluding carboxylic acids is 1. The van der Waals surface area contributed by atoms with E-state index in [4.69, 9.17) is 4.74 Å². The fraction of sp³-hybridized carbons (Fsp3) is 0.462. The van der Waals surface area contributed by atoms with Crippen LogP contribution >= 0.6 is 0 Å². The molecule has 0 N–H and O–H groups in total. The van der Waals surface area contributed by atoms with Crippen molar-refractivity contribution < 1.29 is 44.2 Å². The van der Waals surface area contributed by atoms with Gasteiger partial charge in [0.05, 0.1) is 0 Å². The Kier molecular flexibility index (Phi) is 8.56. The van der Waals surface area contributed by atoms with Gasteiger partial charge in [0.25, 0.3) is 0 Å². The van der Waals surface area contributed by atoms with Crippen molar-refractivity contribution in [3.63, 3.8) is 0 Å². The van der Waals surface area contributed by atoms with Crippen LogP contribution in [0.15, 0.2) is 42.1 Å². The Labute approximate surface area is 213 Å². The third-order valence-corrected chi connectivity index (χ3v) is 6.32. The minimum Gasteiger partial charge on any atom is -0.550 e. The van der Waals surface area contributed by atoms with Crippen LogP contribution in [-0.4, -0.2) is 35.5 Å². The summed E-state index contributed by atoms with van der Waals surface area (Å²) in [7, 11) is 0. The Morgan fingerprint density at radius 2 is 2.00 bits per heavy atom. The average Bonchev–Trinajstić information content (AvgIpc) is 2.70. The van der Waals surface area contributed by atoms with Crippen LogP contribution in [-0.2, 0) is 24.2 Å². The van der Waals surface area contributed by atoms with E-state index in [1.165, 1.54) is 22.3 Å². The van der Waals surface area contributed by atoms with Gasteiger partial charge in [-0.2, -0.15) is 0 Å². The summed E-state index contributed by atoms with van der Waals surface area (Å²) in [5.74, 6) is 0.262. The van der Waals surface area contributed by atoms with Crippen molar-refractivity contribution in [1.82, 2.24) is 9.88 Å². The van der Waals surface area contributed by atoms with Gasteiger partial charge < -0.3 is 14.6 Å². The smallest absolute Gasteiger partial charge is 0.550 e.